The summed E-state index contributed by atoms with van der Waals surface area (Å²) in [6.07, 6.45) is 2.00. The first-order chi connectivity index (χ1) is 11.2. The minimum Gasteiger partial charge on any atom is -0.367 e. The van der Waals surface area contributed by atoms with Crippen molar-refractivity contribution in [3.63, 3.8) is 0 Å². The summed E-state index contributed by atoms with van der Waals surface area (Å²) in [5.41, 5.74) is 2.90. The van der Waals surface area contributed by atoms with Gasteiger partial charge in [0.1, 0.15) is 0 Å². The van der Waals surface area contributed by atoms with Gasteiger partial charge in [-0.3, -0.25) is 4.79 Å². The van der Waals surface area contributed by atoms with Gasteiger partial charge in [-0.15, -0.1) is 0 Å². The van der Waals surface area contributed by atoms with Crippen LogP contribution in [0.3, 0.4) is 0 Å². The van der Waals surface area contributed by atoms with Crippen LogP contribution in [0, 0.1) is 0 Å². The maximum atomic E-state index is 12.3. The lowest BCUT2D eigenvalue weighted by Crippen LogP contribution is -2.33. The van der Waals surface area contributed by atoms with Crippen LogP contribution in [0.2, 0.25) is 5.02 Å². The normalized spacial score (nSPS) is 25.7. The highest BCUT2D eigenvalue weighted by molar-refractivity contribution is 6.30. The van der Waals surface area contributed by atoms with Crippen molar-refractivity contribution in [2.45, 2.75) is 31.1 Å². The van der Waals surface area contributed by atoms with Crippen LogP contribution in [-0.4, -0.2) is 24.5 Å². The Bertz CT molecular complexity index is 711. The van der Waals surface area contributed by atoms with Crippen molar-refractivity contribution in [3.8, 4) is 0 Å². The van der Waals surface area contributed by atoms with Crippen molar-refractivity contribution < 1.29 is 9.53 Å². The average Bonchev–Trinajstić information content (AvgIpc) is 3.19. The number of rotatable bonds is 4. The highest BCUT2D eigenvalue weighted by Gasteiger charge is 2.41. The smallest absolute Gasteiger partial charge is 0.167 e. The molecule has 2 unspecified atom stereocenters. The molecule has 4 heteroatoms. The molecule has 0 spiro atoms. The Hall–Kier alpha value is -1.68. The summed E-state index contributed by atoms with van der Waals surface area (Å²) >= 11 is 5.85. The van der Waals surface area contributed by atoms with E-state index in [-0.39, 0.29) is 11.9 Å². The van der Waals surface area contributed by atoms with E-state index in [1.165, 1.54) is 5.56 Å². The molecule has 1 N–H and O–H groups in total. The summed E-state index contributed by atoms with van der Waals surface area (Å²) in [5.74, 6) is 0.104. The number of carbonyl (C=O) groups excluding carboxylic acids is 1. The lowest BCUT2D eigenvalue weighted by Gasteiger charge is -2.23. The van der Waals surface area contributed by atoms with E-state index >= 15 is 0 Å². The van der Waals surface area contributed by atoms with Gasteiger partial charge in [0.2, 0.25) is 0 Å². The summed E-state index contributed by atoms with van der Waals surface area (Å²) in [7, 11) is 0. The zero-order valence-electron chi connectivity index (χ0n) is 12.7. The molecule has 2 heterocycles. The molecule has 118 valence electrons. The van der Waals surface area contributed by atoms with Crippen molar-refractivity contribution in [2.24, 2.45) is 0 Å². The molecule has 2 saturated heterocycles. The molecule has 3 atom stereocenters. The van der Waals surface area contributed by atoms with Gasteiger partial charge < -0.3 is 10.1 Å². The number of Topliss-reactive ketones (excluding diaryl/α,β-unsaturated/α-hetero) is 1. The predicted octanol–water partition coefficient (Wildman–Crippen LogP) is 3.57. The average molecular weight is 328 g/mol. The van der Waals surface area contributed by atoms with Crippen LogP contribution < -0.4 is 5.32 Å². The first-order valence-electron chi connectivity index (χ1n) is 7.95. The second kappa shape index (κ2) is 6.08. The van der Waals surface area contributed by atoms with E-state index in [2.05, 4.69) is 17.4 Å². The molecule has 0 aliphatic carbocycles. The fraction of sp³-hybridized carbons (Fsp3) is 0.316. The van der Waals surface area contributed by atoms with E-state index in [0.29, 0.717) is 29.2 Å². The second-order valence-corrected chi connectivity index (χ2v) is 6.71. The first kappa shape index (κ1) is 14.9. The van der Waals surface area contributed by atoms with Gasteiger partial charge in [-0.2, -0.15) is 0 Å². The molecule has 2 bridgehead atoms. The molecular formula is C19H18ClNO2. The summed E-state index contributed by atoms with van der Waals surface area (Å²) in [5, 5.41) is 4.13. The Morgan fingerprint density at radius 1 is 1.13 bits per heavy atom. The molecule has 0 aromatic heterocycles. The van der Waals surface area contributed by atoms with Crippen molar-refractivity contribution in [1.82, 2.24) is 5.32 Å². The molecule has 3 nitrogen and oxygen atoms in total. The number of ketones is 1. The molecule has 2 aromatic carbocycles. The number of carbonyl (C=O) groups is 1. The number of hydrogen-bond donors (Lipinski definition) is 1. The fourth-order valence-electron chi connectivity index (χ4n) is 3.43. The van der Waals surface area contributed by atoms with Crippen LogP contribution in [0.4, 0.5) is 0 Å². The van der Waals surface area contributed by atoms with E-state index in [1.54, 1.807) is 24.3 Å². The second-order valence-electron chi connectivity index (χ2n) is 6.28. The number of ether oxygens (including phenoxy) is 1. The molecule has 0 saturated carbocycles. The lowest BCUT2D eigenvalue weighted by atomic mass is 9.98. The van der Waals surface area contributed by atoms with Crippen LogP contribution in [0.15, 0.2) is 48.5 Å². The largest absolute Gasteiger partial charge is 0.367 e. The van der Waals surface area contributed by atoms with E-state index in [4.69, 9.17) is 16.3 Å². The van der Waals surface area contributed by atoms with Gasteiger partial charge in [0.05, 0.1) is 12.2 Å². The Kier molecular flexibility index (Phi) is 3.93. The van der Waals surface area contributed by atoms with Gasteiger partial charge in [0.25, 0.3) is 0 Å². The zero-order chi connectivity index (χ0) is 15.8. The van der Waals surface area contributed by atoms with Crippen molar-refractivity contribution in [2.75, 3.05) is 6.54 Å². The maximum Gasteiger partial charge on any atom is 0.167 e. The number of hydrogen-bond acceptors (Lipinski definition) is 3. The summed E-state index contributed by atoms with van der Waals surface area (Å²) < 4.78 is 6.01. The predicted molar refractivity (Wildman–Crippen MR) is 90.0 cm³/mol. The number of nitrogens with one attached hydrogen (secondary N) is 1. The van der Waals surface area contributed by atoms with Crippen molar-refractivity contribution >= 4 is 17.4 Å². The van der Waals surface area contributed by atoms with E-state index in [1.807, 2.05) is 12.1 Å². The van der Waals surface area contributed by atoms with Crippen LogP contribution in [-0.2, 0) is 11.2 Å². The topological polar surface area (TPSA) is 38.3 Å². The monoisotopic (exact) mass is 327 g/mol. The minimum absolute atomic E-state index is 0.104. The Labute approximate surface area is 140 Å². The molecule has 2 aliphatic heterocycles. The maximum absolute atomic E-state index is 12.3. The number of morpholine rings is 1. The molecule has 2 aliphatic rings. The molecule has 2 aromatic rings. The van der Waals surface area contributed by atoms with Crippen LogP contribution in [0.1, 0.15) is 34.0 Å². The standard InChI is InChI=1S/C19H18ClNO2/c20-15-7-5-13(6-8-15)18(22)9-12-1-3-14(4-2-12)19-17-10-16(23-19)11-21-17/h1-8,16-17,19,21H,9-11H2/t16?,17-,19?/m0/s1. The Morgan fingerprint density at radius 3 is 2.48 bits per heavy atom. The van der Waals surface area contributed by atoms with Crippen molar-refractivity contribution in [1.29, 1.82) is 0 Å². The highest BCUT2D eigenvalue weighted by atomic mass is 35.5. The highest BCUT2D eigenvalue weighted by Crippen LogP contribution is 2.36. The molecule has 23 heavy (non-hydrogen) atoms. The summed E-state index contributed by atoms with van der Waals surface area (Å²) in [4.78, 5) is 12.3. The van der Waals surface area contributed by atoms with E-state index in [0.717, 1.165) is 18.5 Å². The van der Waals surface area contributed by atoms with Crippen LogP contribution in [0.5, 0.6) is 0 Å². The number of fused-ring (bicyclic) bond motifs is 2. The van der Waals surface area contributed by atoms with Crippen LogP contribution in [0.25, 0.3) is 0 Å². The quantitative estimate of drug-likeness (QED) is 0.872. The van der Waals surface area contributed by atoms with E-state index < -0.39 is 0 Å². The molecule has 2 fully saturated rings. The molecule has 4 rings (SSSR count). The van der Waals surface area contributed by atoms with Gasteiger partial charge in [-0.25, -0.2) is 0 Å². The SMILES string of the molecule is O=C(Cc1ccc(C2OC3CN[C@H]2C3)cc1)c1ccc(Cl)cc1. The minimum atomic E-state index is 0.104. The molecule has 0 amide bonds. The van der Waals surface area contributed by atoms with Gasteiger partial charge in [-0.1, -0.05) is 35.9 Å². The zero-order valence-corrected chi connectivity index (χ0v) is 13.4. The van der Waals surface area contributed by atoms with Crippen molar-refractivity contribution in [3.05, 3.63) is 70.2 Å². The van der Waals surface area contributed by atoms with Crippen LogP contribution >= 0.6 is 11.6 Å². The first-order valence-corrected chi connectivity index (χ1v) is 8.33. The summed E-state index contributed by atoms with van der Waals surface area (Å²) in [6.45, 7) is 0.967. The Balaban J connectivity index is 1.44. The van der Waals surface area contributed by atoms with Gasteiger partial charge >= 0.3 is 0 Å². The third-order valence-electron chi connectivity index (χ3n) is 4.67. The molecular weight excluding hydrogens is 310 g/mol. The Morgan fingerprint density at radius 2 is 1.87 bits per heavy atom. The van der Waals surface area contributed by atoms with Gasteiger partial charge in [0.15, 0.2) is 5.78 Å². The lowest BCUT2D eigenvalue weighted by molar-refractivity contribution is 0.0160. The van der Waals surface area contributed by atoms with E-state index in [9.17, 15) is 4.79 Å². The van der Waals surface area contributed by atoms with Gasteiger partial charge in [0, 0.05) is 29.6 Å². The third-order valence-corrected chi connectivity index (χ3v) is 4.92. The fourth-order valence-corrected chi connectivity index (χ4v) is 3.55. The third kappa shape index (κ3) is 3.05. The van der Waals surface area contributed by atoms with Gasteiger partial charge in [-0.05, 0) is 41.8 Å². The molecule has 0 radical (unpaired) electrons. The number of halogens is 1. The number of benzene rings is 2. The summed E-state index contributed by atoms with van der Waals surface area (Å²) in [6, 6.07) is 15.7.